The molecule has 4 rings (SSSR count). The van der Waals surface area contributed by atoms with Crippen LogP contribution >= 0.6 is 0 Å². The molecule has 4 aromatic rings. The van der Waals surface area contributed by atoms with E-state index in [0.29, 0.717) is 51.0 Å². The number of sulfone groups is 1. The van der Waals surface area contributed by atoms with Crippen molar-refractivity contribution in [2.45, 2.75) is 17.1 Å². The third-order valence-corrected chi connectivity index (χ3v) is 7.74. The van der Waals surface area contributed by atoms with Crippen LogP contribution in [0.4, 0.5) is 0 Å². The predicted octanol–water partition coefficient (Wildman–Crippen LogP) is 3.61. The van der Waals surface area contributed by atoms with Gasteiger partial charge in [-0.3, -0.25) is 0 Å². The summed E-state index contributed by atoms with van der Waals surface area (Å²) in [6.07, 6.45) is 0.200. The fourth-order valence-corrected chi connectivity index (χ4v) is 5.43. The Kier molecular flexibility index (Phi) is 9.75. The fourth-order valence-electron chi connectivity index (χ4n) is 4.12. The summed E-state index contributed by atoms with van der Waals surface area (Å²) in [6, 6.07) is 17.0. The van der Waals surface area contributed by atoms with Gasteiger partial charge in [-0.25, -0.2) is 18.4 Å². The molecule has 1 heterocycles. The third-order valence-electron chi connectivity index (χ3n) is 6.10. The number of aliphatic hydroxyl groups is 1. The Hall–Kier alpha value is -3.93. The van der Waals surface area contributed by atoms with Crippen LogP contribution in [-0.4, -0.2) is 71.2 Å². The van der Waals surface area contributed by atoms with Crippen LogP contribution in [0.2, 0.25) is 0 Å². The van der Waals surface area contributed by atoms with Crippen LogP contribution in [0.3, 0.4) is 0 Å². The lowest BCUT2D eigenvalue weighted by Crippen LogP contribution is -2.13. The van der Waals surface area contributed by atoms with E-state index in [1.54, 1.807) is 37.4 Å². The smallest absolute Gasteiger partial charge is 0.184 e. The summed E-state index contributed by atoms with van der Waals surface area (Å²) in [5.41, 5.74) is 2.71. The summed E-state index contributed by atoms with van der Waals surface area (Å²) in [6.45, 7) is 0.586. The predicted molar refractivity (Wildman–Crippen MR) is 149 cm³/mol. The monoisotopic (exact) mass is 568 g/mol. The quantitative estimate of drug-likeness (QED) is 0.226. The zero-order valence-electron chi connectivity index (χ0n) is 22.6. The van der Waals surface area contributed by atoms with Gasteiger partial charge in [0.25, 0.3) is 0 Å². The van der Waals surface area contributed by atoms with E-state index in [9.17, 15) is 8.42 Å². The molecule has 0 aliphatic rings. The lowest BCUT2D eigenvalue weighted by atomic mass is 10.1. The third kappa shape index (κ3) is 6.98. The number of hydrogen-bond acceptors (Lipinski definition) is 10. The van der Waals surface area contributed by atoms with Crippen LogP contribution in [0.15, 0.2) is 65.6 Å². The van der Waals surface area contributed by atoms with Gasteiger partial charge >= 0.3 is 0 Å². The fraction of sp³-hybridized carbons (Fsp3) is 0.310. The van der Waals surface area contributed by atoms with Crippen LogP contribution in [0.25, 0.3) is 11.0 Å². The number of nitrogens with zero attached hydrogens (tertiary/aromatic N) is 2. The van der Waals surface area contributed by atoms with Crippen molar-refractivity contribution in [1.82, 2.24) is 9.97 Å². The molecule has 0 aliphatic heterocycles. The van der Waals surface area contributed by atoms with Crippen molar-refractivity contribution in [3.63, 3.8) is 0 Å². The first-order valence-corrected chi connectivity index (χ1v) is 14.2. The summed E-state index contributed by atoms with van der Waals surface area (Å²) < 4.78 is 54.4. The van der Waals surface area contributed by atoms with E-state index < -0.39 is 9.84 Å². The summed E-state index contributed by atoms with van der Waals surface area (Å²) in [5.74, 6) is 1.65. The topological polar surface area (TPSA) is 126 Å². The molecule has 212 valence electrons. The Balaban J connectivity index is 1.75. The standard InChI is InChI=1S/C29H32N2O8S/c1-35-21-8-10-23(11-9-21)40(33,34)19-27-26(30-24-6-4-5-7-25(24)31-27)17-20-16-22(36-2)18-28(37-3)29(20)39-15-14-38-13-12-32/h4-11,16,18,32H,12-15,17,19H2,1-3H3. The number of para-hydroxylation sites is 2. The van der Waals surface area contributed by atoms with Gasteiger partial charge < -0.3 is 28.8 Å². The number of methoxy groups -OCH3 is 3. The lowest BCUT2D eigenvalue weighted by molar-refractivity contribution is 0.0696. The normalized spacial score (nSPS) is 11.4. The minimum Gasteiger partial charge on any atom is -0.497 e. The van der Waals surface area contributed by atoms with Crippen molar-refractivity contribution < 1.29 is 37.2 Å². The molecule has 10 nitrogen and oxygen atoms in total. The molecular formula is C29H32N2O8S. The van der Waals surface area contributed by atoms with Gasteiger partial charge in [-0.2, -0.15) is 0 Å². The SMILES string of the molecule is COc1ccc(S(=O)(=O)Cc2nc3ccccc3nc2Cc2cc(OC)cc(OC)c2OCCOCCO)cc1. The number of fused-ring (bicyclic) bond motifs is 1. The number of ether oxygens (including phenoxy) is 5. The first kappa shape index (κ1) is 29.1. The number of aliphatic hydroxyl groups excluding tert-OH is 1. The van der Waals surface area contributed by atoms with Crippen molar-refractivity contribution in [3.05, 3.63) is 77.6 Å². The first-order valence-electron chi connectivity index (χ1n) is 12.6. The van der Waals surface area contributed by atoms with Crippen molar-refractivity contribution in [3.8, 4) is 23.0 Å². The van der Waals surface area contributed by atoms with E-state index in [2.05, 4.69) is 0 Å². The van der Waals surface area contributed by atoms with E-state index in [-0.39, 0.29) is 43.5 Å². The van der Waals surface area contributed by atoms with Crippen molar-refractivity contribution in [1.29, 1.82) is 0 Å². The maximum absolute atomic E-state index is 13.4. The molecule has 0 saturated carbocycles. The molecule has 1 N–H and O–H groups in total. The van der Waals surface area contributed by atoms with Crippen molar-refractivity contribution >= 4 is 20.9 Å². The molecule has 0 unspecified atom stereocenters. The highest BCUT2D eigenvalue weighted by molar-refractivity contribution is 7.90. The molecule has 1 aromatic heterocycles. The average molecular weight is 569 g/mol. The number of hydrogen-bond donors (Lipinski definition) is 1. The zero-order valence-corrected chi connectivity index (χ0v) is 23.4. The molecule has 0 bridgehead atoms. The maximum atomic E-state index is 13.4. The highest BCUT2D eigenvalue weighted by Gasteiger charge is 2.23. The Bertz CT molecular complexity index is 1540. The summed E-state index contributed by atoms with van der Waals surface area (Å²) >= 11 is 0. The molecule has 0 amide bonds. The summed E-state index contributed by atoms with van der Waals surface area (Å²) in [7, 11) is 0.836. The van der Waals surface area contributed by atoms with Crippen molar-refractivity contribution in [2.75, 3.05) is 47.8 Å². The van der Waals surface area contributed by atoms with E-state index in [1.165, 1.54) is 26.4 Å². The van der Waals surface area contributed by atoms with Gasteiger partial charge in [0.05, 0.1) is 74.2 Å². The molecule has 0 spiro atoms. The maximum Gasteiger partial charge on any atom is 0.184 e. The Labute approximate surface area is 233 Å². The van der Waals surface area contributed by atoms with Crippen LogP contribution in [0, 0.1) is 0 Å². The molecule has 0 fully saturated rings. The van der Waals surface area contributed by atoms with E-state index in [1.807, 2.05) is 18.2 Å². The minimum atomic E-state index is -3.76. The van der Waals surface area contributed by atoms with Gasteiger partial charge in [0.15, 0.2) is 21.3 Å². The van der Waals surface area contributed by atoms with Crippen LogP contribution < -0.4 is 18.9 Å². The van der Waals surface area contributed by atoms with Gasteiger partial charge in [0, 0.05) is 18.1 Å². The van der Waals surface area contributed by atoms with Gasteiger partial charge in [0.1, 0.15) is 18.1 Å². The molecule has 0 saturated heterocycles. The summed E-state index contributed by atoms with van der Waals surface area (Å²) in [5, 5.41) is 8.95. The molecule has 0 aliphatic carbocycles. The molecule has 0 atom stereocenters. The van der Waals surface area contributed by atoms with Crippen LogP contribution in [-0.2, 0) is 26.7 Å². The van der Waals surface area contributed by atoms with Gasteiger partial charge in [-0.05, 0) is 42.5 Å². The molecule has 3 aromatic carbocycles. The highest BCUT2D eigenvalue weighted by Crippen LogP contribution is 2.37. The van der Waals surface area contributed by atoms with E-state index >= 15 is 0 Å². The van der Waals surface area contributed by atoms with Crippen LogP contribution in [0.5, 0.6) is 23.0 Å². The molecule has 11 heteroatoms. The number of benzene rings is 3. The molecule has 40 heavy (non-hydrogen) atoms. The average Bonchev–Trinajstić information content (AvgIpc) is 2.97. The highest BCUT2D eigenvalue weighted by atomic mass is 32.2. The Morgan fingerprint density at radius 3 is 2.08 bits per heavy atom. The van der Waals surface area contributed by atoms with Gasteiger partial charge in [-0.15, -0.1) is 0 Å². The molecular weight excluding hydrogens is 536 g/mol. The second-order valence-corrected chi connectivity index (χ2v) is 10.7. The van der Waals surface area contributed by atoms with Gasteiger partial charge in [-0.1, -0.05) is 12.1 Å². The largest absolute Gasteiger partial charge is 0.497 e. The van der Waals surface area contributed by atoms with E-state index in [4.69, 9.17) is 38.8 Å². The van der Waals surface area contributed by atoms with Crippen molar-refractivity contribution in [2.24, 2.45) is 0 Å². The Morgan fingerprint density at radius 2 is 1.45 bits per heavy atom. The zero-order chi connectivity index (χ0) is 28.5. The Morgan fingerprint density at radius 1 is 0.775 bits per heavy atom. The minimum absolute atomic E-state index is 0.0834. The second-order valence-electron chi connectivity index (χ2n) is 8.72. The number of rotatable bonds is 14. The van der Waals surface area contributed by atoms with Gasteiger partial charge in [0.2, 0.25) is 0 Å². The first-order chi connectivity index (χ1) is 19.4. The van der Waals surface area contributed by atoms with E-state index in [0.717, 1.165) is 0 Å². The number of aromatic nitrogens is 2. The summed E-state index contributed by atoms with van der Waals surface area (Å²) in [4.78, 5) is 9.68. The lowest BCUT2D eigenvalue weighted by Gasteiger charge is -2.18. The second kappa shape index (κ2) is 13.4. The molecule has 0 radical (unpaired) electrons. The van der Waals surface area contributed by atoms with Crippen LogP contribution in [0.1, 0.15) is 17.0 Å².